The number of anilines is 2. The summed E-state index contributed by atoms with van der Waals surface area (Å²) in [4.78, 5) is 18.6. The molecule has 0 aliphatic carbocycles. The van der Waals surface area contributed by atoms with Crippen LogP contribution in [-0.4, -0.2) is 18.0 Å². The third-order valence-electron chi connectivity index (χ3n) is 5.09. The second-order valence-corrected chi connectivity index (χ2v) is 8.70. The normalized spacial score (nSPS) is 11.6. The topological polar surface area (TPSA) is 63.2 Å². The van der Waals surface area contributed by atoms with Crippen molar-refractivity contribution in [1.29, 1.82) is 0 Å². The average Bonchev–Trinajstić information content (AvgIpc) is 3.17. The molecule has 0 radical (unpaired) electrons. The van der Waals surface area contributed by atoms with Gasteiger partial charge in [-0.05, 0) is 50.2 Å². The molecule has 2 aromatic heterocycles. The number of aryl methyl sites for hydroxylation is 2. The molecule has 0 fully saturated rings. The first-order valence-corrected chi connectivity index (χ1v) is 11.2. The van der Waals surface area contributed by atoms with Crippen LogP contribution in [0.4, 0.5) is 10.8 Å². The molecule has 4 rings (SSSR count). The second kappa shape index (κ2) is 9.66. The van der Waals surface area contributed by atoms with Crippen LogP contribution in [-0.2, 0) is 0 Å². The summed E-state index contributed by atoms with van der Waals surface area (Å²) in [7, 11) is 1.66. The highest BCUT2D eigenvalue weighted by Crippen LogP contribution is 2.40. The highest BCUT2D eigenvalue weighted by atomic mass is 32.1. The molecular formula is C26H25N3O2S. The number of benzene rings is 2. The maximum absolute atomic E-state index is 12.9. The number of methoxy groups -OCH3 is 1. The van der Waals surface area contributed by atoms with Crippen molar-refractivity contribution in [1.82, 2.24) is 4.98 Å². The van der Waals surface area contributed by atoms with Crippen molar-refractivity contribution in [3.63, 3.8) is 0 Å². The SMILES string of the molecule is COc1ccccc1[C@H](Nc1cccc(C)n1)c1cc(C)sc1NC(=O)c1ccccc1. The maximum atomic E-state index is 12.9. The standard InChI is InChI=1S/C26H25N3O2S/c1-17-10-9-15-23(27-17)28-24(20-13-7-8-14-22(20)31-3)21-16-18(2)32-26(21)29-25(30)19-11-5-4-6-12-19/h4-16,24H,1-3H3,(H,27,28)(H,29,30)/t24-/m0/s1. The van der Waals surface area contributed by atoms with E-state index >= 15 is 0 Å². The number of amides is 1. The van der Waals surface area contributed by atoms with E-state index in [0.717, 1.165) is 38.3 Å². The largest absolute Gasteiger partial charge is 0.496 e. The Morgan fingerprint density at radius 3 is 2.44 bits per heavy atom. The van der Waals surface area contributed by atoms with Gasteiger partial charge >= 0.3 is 0 Å². The Bertz CT molecular complexity index is 1220. The molecule has 1 atom stereocenters. The fourth-order valence-electron chi connectivity index (χ4n) is 3.61. The minimum absolute atomic E-state index is 0.138. The smallest absolute Gasteiger partial charge is 0.256 e. The van der Waals surface area contributed by atoms with E-state index in [2.05, 4.69) is 21.7 Å². The van der Waals surface area contributed by atoms with Crippen molar-refractivity contribution in [3.8, 4) is 5.75 Å². The zero-order valence-corrected chi connectivity index (χ0v) is 19.1. The van der Waals surface area contributed by atoms with E-state index in [0.29, 0.717) is 5.56 Å². The lowest BCUT2D eigenvalue weighted by Gasteiger charge is -2.23. The third-order valence-corrected chi connectivity index (χ3v) is 6.07. The van der Waals surface area contributed by atoms with Crippen LogP contribution >= 0.6 is 11.3 Å². The van der Waals surface area contributed by atoms with Crippen LogP contribution in [0.1, 0.15) is 38.1 Å². The molecule has 2 N–H and O–H groups in total. The van der Waals surface area contributed by atoms with Gasteiger partial charge in [0.25, 0.3) is 5.91 Å². The lowest BCUT2D eigenvalue weighted by atomic mass is 9.98. The number of hydrogen-bond acceptors (Lipinski definition) is 5. The van der Waals surface area contributed by atoms with Crippen LogP contribution in [0.15, 0.2) is 78.9 Å². The number of rotatable bonds is 7. The van der Waals surface area contributed by atoms with Crippen molar-refractivity contribution in [2.45, 2.75) is 19.9 Å². The van der Waals surface area contributed by atoms with Gasteiger partial charge in [-0.25, -0.2) is 4.98 Å². The Labute approximate surface area is 192 Å². The van der Waals surface area contributed by atoms with Gasteiger partial charge in [-0.2, -0.15) is 0 Å². The number of ether oxygens (including phenoxy) is 1. The number of nitrogens with zero attached hydrogens (tertiary/aromatic N) is 1. The Balaban J connectivity index is 1.77. The summed E-state index contributed by atoms with van der Waals surface area (Å²) in [5, 5.41) is 7.47. The molecule has 2 heterocycles. The van der Waals surface area contributed by atoms with Gasteiger partial charge in [0.2, 0.25) is 0 Å². The molecular weight excluding hydrogens is 418 g/mol. The molecule has 2 aromatic carbocycles. The molecule has 0 aliphatic rings. The van der Waals surface area contributed by atoms with Crippen LogP contribution in [0.3, 0.4) is 0 Å². The zero-order chi connectivity index (χ0) is 22.5. The Morgan fingerprint density at radius 1 is 0.938 bits per heavy atom. The Hall–Kier alpha value is -3.64. The van der Waals surface area contributed by atoms with Gasteiger partial charge in [0, 0.05) is 27.3 Å². The minimum atomic E-state index is -0.267. The van der Waals surface area contributed by atoms with E-state index in [1.165, 1.54) is 0 Å². The first-order chi connectivity index (χ1) is 15.5. The van der Waals surface area contributed by atoms with E-state index in [1.54, 1.807) is 18.4 Å². The van der Waals surface area contributed by atoms with Gasteiger partial charge in [-0.1, -0.05) is 42.5 Å². The van der Waals surface area contributed by atoms with Crippen molar-refractivity contribution in [3.05, 3.63) is 106 Å². The summed E-state index contributed by atoms with van der Waals surface area (Å²) in [6, 6.07) is 24.8. The highest BCUT2D eigenvalue weighted by Gasteiger charge is 2.24. The van der Waals surface area contributed by atoms with Crippen LogP contribution in [0.2, 0.25) is 0 Å². The summed E-state index contributed by atoms with van der Waals surface area (Å²) < 4.78 is 5.66. The molecule has 4 aromatic rings. The number of carbonyl (C=O) groups excluding carboxylic acids is 1. The lowest BCUT2D eigenvalue weighted by Crippen LogP contribution is -2.17. The summed E-state index contributed by atoms with van der Waals surface area (Å²) in [6.45, 7) is 4.00. The minimum Gasteiger partial charge on any atom is -0.496 e. The highest BCUT2D eigenvalue weighted by molar-refractivity contribution is 7.16. The number of nitrogens with one attached hydrogen (secondary N) is 2. The van der Waals surface area contributed by atoms with Gasteiger partial charge in [0.05, 0.1) is 13.2 Å². The molecule has 5 nitrogen and oxygen atoms in total. The maximum Gasteiger partial charge on any atom is 0.256 e. The quantitative estimate of drug-likeness (QED) is 0.356. The molecule has 0 spiro atoms. The van der Waals surface area contributed by atoms with Gasteiger partial charge in [-0.3, -0.25) is 4.79 Å². The Kier molecular flexibility index (Phi) is 6.52. The van der Waals surface area contributed by atoms with Crippen molar-refractivity contribution in [2.75, 3.05) is 17.7 Å². The first-order valence-electron chi connectivity index (χ1n) is 10.3. The molecule has 0 saturated heterocycles. The van der Waals surface area contributed by atoms with Crippen LogP contribution in [0, 0.1) is 13.8 Å². The van der Waals surface area contributed by atoms with E-state index in [9.17, 15) is 4.79 Å². The number of carbonyl (C=O) groups is 1. The molecule has 1 amide bonds. The van der Waals surface area contributed by atoms with Crippen LogP contribution < -0.4 is 15.4 Å². The number of aromatic nitrogens is 1. The number of thiophene rings is 1. The number of para-hydroxylation sites is 1. The van der Waals surface area contributed by atoms with Gasteiger partial charge in [0.1, 0.15) is 16.6 Å². The second-order valence-electron chi connectivity index (χ2n) is 7.45. The van der Waals surface area contributed by atoms with Crippen molar-refractivity contribution in [2.24, 2.45) is 0 Å². The molecule has 32 heavy (non-hydrogen) atoms. The number of hydrogen-bond donors (Lipinski definition) is 2. The van der Waals surface area contributed by atoms with Crippen LogP contribution in [0.5, 0.6) is 5.75 Å². The van der Waals surface area contributed by atoms with Crippen molar-refractivity contribution < 1.29 is 9.53 Å². The predicted octanol–water partition coefficient (Wildman–Crippen LogP) is 6.22. The Morgan fingerprint density at radius 2 is 1.69 bits per heavy atom. The lowest BCUT2D eigenvalue weighted by molar-refractivity contribution is 0.102. The summed E-state index contributed by atoms with van der Waals surface area (Å²) in [5.41, 5.74) is 3.47. The van der Waals surface area contributed by atoms with E-state index < -0.39 is 0 Å². The van der Waals surface area contributed by atoms with E-state index in [-0.39, 0.29) is 11.9 Å². The average molecular weight is 444 g/mol. The summed E-state index contributed by atoms with van der Waals surface area (Å²) >= 11 is 1.55. The summed E-state index contributed by atoms with van der Waals surface area (Å²) in [6.07, 6.45) is 0. The molecule has 6 heteroatoms. The predicted molar refractivity (Wildman–Crippen MR) is 131 cm³/mol. The van der Waals surface area contributed by atoms with Gasteiger partial charge in [-0.15, -0.1) is 11.3 Å². The van der Waals surface area contributed by atoms with E-state index in [1.807, 2.05) is 86.6 Å². The molecule has 0 saturated carbocycles. The molecule has 0 bridgehead atoms. The molecule has 0 unspecified atom stereocenters. The van der Waals surface area contributed by atoms with Gasteiger partial charge < -0.3 is 15.4 Å². The summed E-state index contributed by atoms with van der Waals surface area (Å²) in [5.74, 6) is 1.38. The van der Waals surface area contributed by atoms with Gasteiger partial charge in [0.15, 0.2) is 0 Å². The monoisotopic (exact) mass is 443 g/mol. The third kappa shape index (κ3) is 4.81. The van der Waals surface area contributed by atoms with Crippen LogP contribution in [0.25, 0.3) is 0 Å². The zero-order valence-electron chi connectivity index (χ0n) is 18.3. The molecule has 0 aliphatic heterocycles. The fourth-order valence-corrected chi connectivity index (χ4v) is 4.56. The van der Waals surface area contributed by atoms with Crippen molar-refractivity contribution >= 4 is 28.1 Å². The fraction of sp³-hybridized carbons (Fsp3) is 0.154. The molecule has 162 valence electrons. The van der Waals surface area contributed by atoms with E-state index in [4.69, 9.17) is 4.74 Å². The first kappa shape index (κ1) is 21.6. The number of pyridine rings is 1.